The molecule has 1 heterocycles. The maximum atomic E-state index is 11.7. The molecule has 0 bridgehead atoms. The van der Waals surface area contributed by atoms with Gasteiger partial charge in [0.2, 0.25) is 0 Å². The lowest BCUT2D eigenvalue weighted by atomic mass is 10.1. The summed E-state index contributed by atoms with van der Waals surface area (Å²) in [6.07, 6.45) is 0. The largest absolute Gasteiger partial charge is 0.450 e. The summed E-state index contributed by atoms with van der Waals surface area (Å²) in [6, 6.07) is 7.42. The predicted molar refractivity (Wildman–Crippen MR) is 61.4 cm³/mol. The van der Waals surface area contributed by atoms with Crippen molar-refractivity contribution in [1.29, 1.82) is 0 Å². The lowest BCUT2D eigenvalue weighted by Gasteiger charge is -2.01. The van der Waals surface area contributed by atoms with Crippen LogP contribution in [0.2, 0.25) is 0 Å². The topological polar surface area (TPSA) is 60.7 Å². The van der Waals surface area contributed by atoms with Crippen molar-refractivity contribution in [3.8, 4) is 0 Å². The molecule has 90 valence electrons. The smallest absolute Gasteiger partial charge is 0.310 e. The van der Waals surface area contributed by atoms with Crippen LogP contribution in [0.1, 0.15) is 16.1 Å². The maximum Gasteiger partial charge on any atom is 0.310 e. The monoisotopic (exact) mass is 235 g/mol. The SMILES string of the molecule is COCc1c(C(=O)NOC)oc2ccccc12. The number of furan rings is 1. The second-order valence-electron chi connectivity index (χ2n) is 3.47. The minimum atomic E-state index is -0.421. The van der Waals surface area contributed by atoms with Crippen molar-refractivity contribution in [2.45, 2.75) is 6.61 Å². The molecule has 0 spiro atoms. The zero-order valence-corrected chi connectivity index (χ0v) is 9.65. The molecule has 0 aliphatic rings. The number of benzene rings is 1. The van der Waals surface area contributed by atoms with Gasteiger partial charge in [-0.25, -0.2) is 5.48 Å². The number of amides is 1. The second-order valence-corrected chi connectivity index (χ2v) is 3.47. The van der Waals surface area contributed by atoms with Crippen molar-refractivity contribution in [1.82, 2.24) is 5.48 Å². The molecule has 0 aliphatic heterocycles. The normalized spacial score (nSPS) is 10.7. The van der Waals surface area contributed by atoms with Gasteiger partial charge in [-0.1, -0.05) is 18.2 Å². The Labute approximate surface area is 98.3 Å². The predicted octanol–water partition coefficient (Wildman–Crippen LogP) is 1.87. The number of carbonyl (C=O) groups is 1. The Hall–Kier alpha value is -1.85. The standard InChI is InChI=1S/C12H13NO4/c1-15-7-9-8-5-3-4-6-10(8)17-11(9)12(14)13-16-2/h3-6H,7H2,1-2H3,(H,13,14). The number of hydrogen-bond acceptors (Lipinski definition) is 4. The van der Waals surface area contributed by atoms with Crippen LogP contribution in [0.5, 0.6) is 0 Å². The van der Waals surface area contributed by atoms with Gasteiger partial charge >= 0.3 is 5.91 Å². The fourth-order valence-electron chi connectivity index (χ4n) is 1.71. The molecule has 5 nitrogen and oxygen atoms in total. The van der Waals surface area contributed by atoms with Gasteiger partial charge in [-0.2, -0.15) is 0 Å². The number of methoxy groups -OCH3 is 1. The highest BCUT2D eigenvalue weighted by atomic mass is 16.6. The summed E-state index contributed by atoms with van der Waals surface area (Å²) in [5, 5.41) is 0.871. The molecule has 0 unspecified atom stereocenters. The minimum Gasteiger partial charge on any atom is -0.450 e. The average Bonchev–Trinajstić information content (AvgIpc) is 2.70. The van der Waals surface area contributed by atoms with E-state index in [-0.39, 0.29) is 5.76 Å². The summed E-state index contributed by atoms with van der Waals surface area (Å²) in [6.45, 7) is 0.309. The first-order valence-electron chi connectivity index (χ1n) is 5.10. The maximum absolute atomic E-state index is 11.7. The molecule has 5 heteroatoms. The minimum absolute atomic E-state index is 0.218. The third-order valence-corrected chi connectivity index (χ3v) is 2.39. The van der Waals surface area contributed by atoms with Gasteiger partial charge in [0.15, 0.2) is 5.76 Å². The third-order valence-electron chi connectivity index (χ3n) is 2.39. The van der Waals surface area contributed by atoms with Gasteiger partial charge < -0.3 is 9.15 Å². The molecule has 2 aromatic rings. The van der Waals surface area contributed by atoms with Crippen LogP contribution in [0.25, 0.3) is 11.0 Å². The van der Waals surface area contributed by atoms with Crippen molar-refractivity contribution >= 4 is 16.9 Å². The molecule has 0 atom stereocenters. The molecule has 0 fully saturated rings. The Morgan fingerprint density at radius 2 is 2.12 bits per heavy atom. The number of hydroxylamine groups is 1. The average molecular weight is 235 g/mol. The Bertz CT molecular complexity index is 532. The summed E-state index contributed by atoms with van der Waals surface area (Å²) in [5.74, 6) is -0.203. The van der Waals surface area contributed by atoms with Crippen LogP contribution >= 0.6 is 0 Å². The van der Waals surface area contributed by atoms with Crippen LogP contribution in [0.3, 0.4) is 0 Å². The highest BCUT2D eigenvalue weighted by molar-refractivity contribution is 5.98. The van der Waals surface area contributed by atoms with Crippen molar-refractivity contribution in [2.24, 2.45) is 0 Å². The number of fused-ring (bicyclic) bond motifs is 1. The van der Waals surface area contributed by atoms with Crippen LogP contribution in [-0.2, 0) is 16.2 Å². The Balaban J connectivity index is 2.53. The van der Waals surface area contributed by atoms with Gasteiger partial charge in [-0.15, -0.1) is 0 Å². The first-order valence-corrected chi connectivity index (χ1v) is 5.10. The zero-order chi connectivity index (χ0) is 12.3. The highest BCUT2D eigenvalue weighted by Crippen LogP contribution is 2.26. The second kappa shape index (κ2) is 4.99. The first-order chi connectivity index (χ1) is 8.27. The van der Waals surface area contributed by atoms with Crippen LogP contribution < -0.4 is 5.48 Å². The summed E-state index contributed by atoms with van der Waals surface area (Å²) < 4.78 is 10.6. The molecule has 1 aromatic carbocycles. The van der Waals surface area contributed by atoms with Crippen molar-refractivity contribution < 1.29 is 18.8 Å². The summed E-state index contributed by atoms with van der Waals surface area (Å²) in [7, 11) is 2.94. The van der Waals surface area contributed by atoms with Crippen LogP contribution in [0.15, 0.2) is 28.7 Å². The van der Waals surface area contributed by atoms with E-state index in [0.29, 0.717) is 12.2 Å². The van der Waals surface area contributed by atoms with E-state index in [2.05, 4.69) is 10.3 Å². The zero-order valence-electron chi connectivity index (χ0n) is 9.65. The molecular formula is C12H13NO4. The molecule has 1 aromatic heterocycles. The lowest BCUT2D eigenvalue weighted by molar-refractivity contribution is 0.0507. The summed E-state index contributed by atoms with van der Waals surface area (Å²) >= 11 is 0. The number of nitrogens with one attached hydrogen (secondary N) is 1. The summed E-state index contributed by atoms with van der Waals surface area (Å²) in [4.78, 5) is 16.3. The van der Waals surface area contributed by atoms with E-state index in [1.165, 1.54) is 7.11 Å². The van der Waals surface area contributed by atoms with Crippen molar-refractivity contribution in [2.75, 3.05) is 14.2 Å². The lowest BCUT2D eigenvalue weighted by Crippen LogP contribution is -2.22. The molecule has 0 radical (unpaired) electrons. The molecule has 1 N–H and O–H groups in total. The van der Waals surface area contributed by atoms with Gasteiger partial charge in [0.25, 0.3) is 0 Å². The van der Waals surface area contributed by atoms with Crippen LogP contribution in [0, 0.1) is 0 Å². The van der Waals surface area contributed by atoms with Crippen molar-refractivity contribution in [3.63, 3.8) is 0 Å². The van der Waals surface area contributed by atoms with Gasteiger partial charge in [-0.05, 0) is 6.07 Å². The molecule has 0 saturated carbocycles. The quantitative estimate of drug-likeness (QED) is 0.822. The Morgan fingerprint density at radius 3 is 2.82 bits per heavy atom. The first kappa shape index (κ1) is 11.6. The fraction of sp³-hybridized carbons (Fsp3) is 0.250. The third kappa shape index (κ3) is 2.15. The fourth-order valence-corrected chi connectivity index (χ4v) is 1.71. The molecule has 17 heavy (non-hydrogen) atoms. The number of hydrogen-bond donors (Lipinski definition) is 1. The van der Waals surface area contributed by atoms with Gasteiger partial charge in [0.05, 0.1) is 13.7 Å². The summed E-state index contributed by atoms with van der Waals surface area (Å²) in [5.41, 5.74) is 3.61. The molecule has 1 amide bonds. The van der Waals surface area contributed by atoms with E-state index in [1.807, 2.05) is 18.2 Å². The number of para-hydroxylation sites is 1. The number of ether oxygens (including phenoxy) is 1. The Morgan fingerprint density at radius 1 is 1.35 bits per heavy atom. The molecular weight excluding hydrogens is 222 g/mol. The molecule has 0 saturated heterocycles. The van der Waals surface area contributed by atoms with Crippen LogP contribution in [0.4, 0.5) is 0 Å². The van der Waals surface area contributed by atoms with E-state index >= 15 is 0 Å². The van der Waals surface area contributed by atoms with E-state index in [0.717, 1.165) is 10.9 Å². The van der Waals surface area contributed by atoms with Gasteiger partial charge in [-0.3, -0.25) is 9.63 Å². The van der Waals surface area contributed by atoms with E-state index < -0.39 is 5.91 Å². The number of rotatable bonds is 4. The van der Waals surface area contributed by atoms with Gasteiger partial charge in [0.1, 0.15) is 5.58 Å². The van der Waals surface area contributed by atoms with E-state index in [9.17, 15) is 4.79 Å². The molecule has 0 aliphatic carbocycles. The number of carbonyl (C=O) groups excluding carboxylic acids is 1. The Kier molecular flexibility index (Phi) is 3.41. The molecule has 2 rings (SSSR count). The van der Waals surface area contributed by atoms with Crippen LogP contribution in [-0.4, -0.2) is 20.1 Å². The van der Waals surface area contributed by atoms with Gasteiger partial charge in [0, 0.05) is 18.1 Å². The highest BCUT2D eigenvalue weighted by Gasteiger charge is 2.19. The van der Waals surface area contributed by atoms with E-state index in [1.54, 1.807) is 13.2 Å². The van der Waals surface area contributed by atoms with E-state index in [4.69, 9.17) is 9.15 Å². The van der Waals surface area contributed by atoms with Crippen molar-refractivity contribution in [3.05, 3.63) is 35.6 Å².